The van der Waals surface area contributed by atoms with Gasteiger partial charge >= 0.3 is 0 Å². The van der Waals surface area contributed by atoms with Gasteiger partial charge in [-0.05, 0) is 30.5 Å². The molecule has 1 amide bonds. The highest BCUT2D eigenvalue weighted by atomic mass is 16.5. The minimum atomic E-state index is -0.00133. The Morgan fingerprint density at radius 2 is 1.96 bits per heavy atom. The predicted molar refractivity (Wildman–Crippen MR) is 102 cm³/mol. The molecule has 1 unspecified atom stereocenters. The Morgan fingerprint density at radius 3 is 2.58 bits per heavy atom. The number of morpholine rings is 1. The number of methoxy groups -OCH3 is 2. The fourth-order valence-corrected chi connectivity index (χ4v) is 3.34. The molecule has 1 aromatic carbocycles. The molecular formula is C20H32N2O4. The number of nitrogens with one attached hydrogen (secondary N) is 1. The fourth-order valence-electron chi connectivity index (χ4n) is 3.34. The van der Waals surface area contributed by atoms with Crippen LogP contribution >= 0.6 is 0 Å². The number of carbonyl (C=O) groups is 1. The molecule has 0 aliphatic carbocycles. The van der Waals surface area contributed by atoms with Gasteiger partial charge in [0.25, 0.3) is 0 Å². The first kappa shape index (κ1) is 20.5. The highest BCUT2D eigenvalue weighted by Crippen LogP contribution is 2.24. The molecular weight excluding hydrogens is 332 g/mol. The number of hydrogen-bond donors (Lipinski definition) is 1. The average molecular weight is 364 g/mol. The first-order chi connectivity index (χ1) is 12.5. The van der Waals surface area contributed by atoms with Crippen molar-refractivity contribution < 1.29 is 19.0 Å². The van der Waals surface area contributed by atoms with Crippen LogP contribution in [-0.2, 0) is 16.0 Å². The summed E-state index contributed by atoms with van der Waals surface area (Å²) in [6.45, 7) is 8.48. The van der Waals surface area contributed by atoms with Crippen molar-refractivity contribution in [2.45, 2.75) is 32.7 Å². The Bertz CT molecular complexity index is 571. The van der Waals surface area contributed by atoms with E-state index in [-0.39, 0.29) is 12.3 Å². The van der Waals surface area contributed by atoms with Gasteiger partial charge in [-0.2, -0.15) is 0 Å². The number of nitrogens with zero attached hydrogens (tertiary/aromatic N) is 1. The molecule has 1 saturated heterocycles. The molecule has 2 rings (SSSR count). The van der Waals surface area contributed by atoms with Gasteiger partial charge in [-0.25, -0.2) is 0 Å². The summed E-state index contributed by atoms with van der Waals surface area (Å²) in [6, 6.07) is 5.86. The maximum absolute atomic E-state index is 12.5. The number of ether oxygens (including phenoxy) is 3. The second-order valence-electron chi connectivity index (χ2n) is 7.09. The third kappa shape index (κ3) is 6.18. The normalized spacial score (nSPS) is 16.3. The maximum atomic E-state index is 12.5. The summed E-state index contributed by atoms with van der Waals surface area (Å²) in [6.07, 6.45) is 1.33. The van der Waals surface area contributed by atoms with Crippen LogP contribution in [0.25, 0.3) is 0 Å². The van der Waals surface area contributed by atoms with Crippen LogP contribution in [-0.4, -0.2) is 63.9 Å². The summed E-state index contributed by atoms with van der Waals surface area (Å²) in [5.41, 5.74) is 0.830. The molecule has 26 heavy (non-hydrogen) atoms. The molecule has 0 bridgehead atoms. The van der Waals surface area contributed by atoms with Gasteiger partial charge in [-0.1, -0.05) is 13.8 Å². The second kappa shape index (κ2) is 10.4. The van der Waals surface area contributed by atoms with Crippen molar-refractivity contribution in [3.63, 3.8) is 0 Å². The molecule has 0 saturated carbocycles. The minimum absolute atomic E-state index is 0.00133. The van der Waals surface area contributed by atoms with Crippen LogP contribution in [0.3, 0.4) is 0 Å². The van der Waals surface area contributed by atoms with Crippen LogP contribution in [0, 0.1) is 5.92 Å². The number of rotatable bonds is 9. The largest absolute Gasteiger partial charge is 0.497 e. The highest BCUT2D eigenvalue weighted by molar-refractivity contribution is 5.79. The molecule has 6 nitrogen and oxygen atoms in total. The van der Waals surface area contributed by atoms with E-state index in [1.165, 1.54) is 0 Å². The summed E-state index contributed by atoms with van der Waals surface area (Å²) in [4.78, 5) is 14.9. The molecule has 1 N–H and O–H groups in total. The second-order valence-corrected chi connectivity index (χ2v) is 7.09. The van der Waals surface area contributed by atoms with Crippen molar-refractivity contribution in [3.05, 3.63) is 23.8 Å². The molecule has 1 aliphatic heterocycles. The van der Waals surface area contributed by atoms with Crippen molar-refractivity contribution in [3.8, 4) is 11.5 Å². The molecule has 1 aliphatic rings. The number of hydrogen-bond acceptors (Lipinski definition) is 5. The van der Waals surface area contributed by atoms with Crippen molar-refractivity contribution >= 4 is 5.91 Å². The molecule has 1 atom stereocenters. The molecule has 0 aromatic heterocycles. The van der Waals surface area contributed by atoms with Crippen LogP contribution in [0.4, 0.5) is 0 Å². The standard InChI is InChI=1S/C20H32N2O4/c1-15(2)11-17(22-7-9-26-10-8-22)14-21-20(23)13-16-12-18(24-3)5-6-19(16)25-4/h5-6,12,15,17H,7-11,13-14H2,1-4H3,(H,21,23). The van der Waals surface area contributed by atoms with Gasteiger partial charge in [0.05, 0.1) is 33.9 Å². The van der Waals surface area contributed by atoms with E-state index in [1.54, 1.807) is 14.2 Å². The maximum Gasteiger partial charge on any atom is 0.224 e. The molecule has 6 heteroatoms. The third-order valence-corrected chi connectivity index (χ3v) is 4.68. The van der Waals surface area contributed by atoms with E-state index in [4.69, 9.17) is 14.2 Å². The van der Waals surface area contributed by atoms with E-state index in [9.17, 15) is 4.79 Å². The van der Waals surface area contributed by atoms with Crippen molar-refractivity contribution in [2.24, 2.45) is 5.92 Å². The quantitative estimate of drug-likeness (QED) is 0.727. The van der Waals surface area contributed by atoms with Gasteiger partial charge in [-0.15, -0.1) is 0 Å². The fraction of sp³-hybridized carbons (Fsp3) is 0.650. The summed E-state index contributed by atoms with van der Waals surface area (Å²) in [5, 5.41) is 3.10. The lowest BCUT2D eigenvalue weighted by Crippen LogP contribution is -2.49. The smallest absolute Gasteiger partial charge is 0.224 e. The SMILES string of the molecule is COc1ccc(OC)c(CC(=O)NCC(CC(C)C)N2CCOCC2)c1. The van der Waals surface area contributed by atoms with E-state index in [0.29, 0.717) is 24.3 Å². The van der Waals surface area contributed by atoms with Crippen molar-refractivity contribution in [1.29, 1.82) is 0 Å². The molecule has 0 radical (unpaired) electrons. The van der Waals surface area contributed by atoms with Crippen LogP contribution in [0.1, 0.15) is 25.8 Å². The molecule has 1 aromatic rings. The molecule has 1 heterocycles. The van der Waals surface area contributed by atoms with E-state index in [1.807, 2.05) is 18.2 Å². The number of amides is 1. The number of benzene rings is 1. The molecule has 146 valence electrons. The van der Waals surface area contributed by atoms with Gasteiger partial charge in [0, 0.05) is 31.2 Å². The van der Waals surface area contributed by atoms with Crippen LogP contribution in [0.2, 0.25) is 0 Å². The monoisotopic (exact) mass is 364 g/mol. The molecule has 1 fully saturated rings. The summed E-state index contributed by atoms with van der Waals surface area (Å²) >= 11 is 0. The van der Waals surface area contributed by atoms with Crippen LogP contribution in [0.5, 0.6) is 11.5 Å². The van der Waals surface area contributed by atoms with E-state index >= 15 is 0 Å². The van der Waals surface area contributed by atoms with Gasteiger partial charge in [0.1, 0.15) is 11.5 Å². The lowest BCUT2D eigenvalue weighted by molar-refractivity contribution is -0.120. The van der Waals surface area contributed by atoms with Crippen LogP contribution in [0.15, 0.2) is 18.2 Å². The highest BCUT2D eigenvalue weighted by Gasteiger charge is 2.22. The predicted octanol–water partition coefficient (Wildman–Crippen LogP) is 2.11. The Hall–Kier alpha value is -1.79. The van der Waals surface area contributed by atoms with E-state index in [0.717, 1.165) is 44.0 Å². The zero-order valence-corrected chi connectivity index (χ0v) is 16.4. The average Bonchev–Trinajstić information content (AvgIpc) is 2.65. The Labute approximate surface area is 156 Å². The Kier molecular flexibility index (Phi) is 8.19. The van der Waals surface area contributed by atoms with Gasteiger partial charge < -0.3 is 19.5 Å². The van der Waals surface area contributed by atoms with E-state index in [2.05, 4.69) is 24.1 Å². The van der Waals surface area contributed by atoms with Crippen LogP contribution < -0.4 is 14.8 Å². The van der Waals surface area contributed by atoms with Gasteiger partial charge in [-0.3, -0.25) is 9.69 Å². The van der Waals surface area contributed by atoms with E-state index < -0.39 is 0 Å². The first-order valence-electron chi connectivity index (χ1n) is 9.33. The summed E-state index contributed by atoms with van der Waals surface area (Å²) < 4.78 is 16.1. The third-order valence-electron chi connectivity index (χ3n) is 4.68. The Balaban J connectivity index is 1.94. The van der Waals surface area contributed by atoms with Gasteiger partial charge in [0.15, 0.2) is 0 Å². The number of carbonyl (C=O) groups excluding carboxylic acids is 1. The van der Waals surface area contributed by atoms with Gasteiger partial charge in [0.2, 0.25) is 5.91 Å². The zero-order chi connectivity index (χ0) is 18.9. The lowest BCUT2D eigenvalue weighted by atomic mass is 10.0. The summed E-state index contributed by atoms with van der Waals surface area (Å²) in [5.74, 6) is 2.00. The molecule has 0 spiro atoms. The Morgan fingerprint density at radius 1 is 1.23 bits per heavy atom. The lowest BCUT2D eigenvalue weighted by Gasteiger charge is -2.35. The minimum Gasteiger partial charge on any atom is -0.497 e. The van der Waals surface area contributed by atoms with Crippen molar-refractivity contribution in [2.75, 3.05) is 47.1 Å². The zero-order valence-electron chi connectivity index (χ0n) is 16.4. The van der Waals surface area contributed by atoms with Crippen molar-refractivity contribution in [1.82, 2.24) is 10.2 Å². The first-order valence-corrected chi connectivity index (χ1v) is 9.33. The summed E-state index contributed by atoms with van der Waals surface area (Å²) in [7, 11) is 3.23. The topological polar surface area (TPSA) is 60.0 Å².